The highest BCUT2D eigenvalue weighted by Gasteiger charge is 2.36. The first-order chi connectivity index (χ1) is 14.6. The molecule has 2 aliphatic rings. The van der Waals surface area contributed by atoms with E-state index in [-0.39, 0.29) is 18.4 Å². The number of hydrogen-bond donors (Lipinski definition) is 3. The van der Waals surface area contributed by atoms with Gasteiger partial charge in [0.05, 0.1) is 5.52 Å². The van der Waals surface area contributed by atoms with Crippen LogP contribution in [0, 0.1) is 0 Å². The van der Waals surface area contributed by atoms with E-state index in [0.717, 1.165) is 34.3 Å². The van der Waals surface area contributed by atoms with E-state index in [0.29, 0.717) is 17.8 Å². The molecule has 3 N–H and O–H groups in total. The predicted molar refractivity (Wildman–Crippen MR) is 116 cm³/mol. The fourth-order valence-electron chi connectivity index (χ4n) is 4.68. The fraction of sp³-hybridized carbons (Fsp3) is 0.429. The minimum absolute atomic E-state index is 0.0733. The Morgan fingerprint density at radius 3 is 2.73 bits per heavy atom. The maximum absolute atomic E-state index is 12.9. The zero-order chi connectivity index (χ0) is 21.1. The molecule has 2 unspecified atom stereocenters. The standard InChI is InChI=1S/C20H23N5OS.CH2O2/c1-25-14-3-2-4-15(25)11-13(10-14)22-19(26)18-16-6-5-12(9-17(16)23-24-18)20-21-7-8-27-20;2-1-3/h5-9,13-15H,2-4,10-11H2,1H3,(H,22,26)(H,23,24);1H,(H,2,3). The number of thiazole rings is 1. The summed E-state index contributed by atoms with van der Waals surface area (Å²) >= 11 is 1.60. The van der Waals surface area contributed by atoms with Gasteiger partial charge in [-0.3, -0.25) is 14.7 Å². The van der Waals surface area contributed by atoms with Crippen molar-refractivity contribution in [3.63, 3.8) is 0 Å². The number of benzene rings is 1. The molecule has 2 aliphatic heterocycles. The van der Waals surface area contributed by atoms with Crippen LogP contribution in [0.4, 0.5) is 0 Å². The number of carbonyl (C=O) groups is 2. The Kier molecular flexibility index (Phi) is 6.10. The molecule has 4 heterocycles. The van der Waals surface area contributed by atoms with Crippen molar-refractivity contribution in [2.75, 3.05) is 7.05 Å². The van der Waals surface area contributed by atoms with Crippen molar-refractivity contribution >= 4 is 34.6 Å². The minimum Gasteiger partial charge on any atom is -0.483 e. The highest BCUT2D eigenvalue weighted by Crippen LogP contribution is 2.33. The molecule has 2 aromatic heterocycles. The van der Waals surface area contributed by atoms with Gasteiger partial charge in [-0.1, -0.05) is 12.5 Å². The van der Waals surface area contributed by atoms with Crippen LogP contribution in [0.2, 0.25) is 0 Å². The van der Waals surface area contributed by atoms with Gasteiger partial charge >= 0.3 is 0 Å². The van der Waals surface area contributed by atoms with Crippen LogP contribution < -0.4 is 5.32 Å². The summed E-state index contributed by atoms with van der Waals surface area (Å²) in [7, 11) is 2.23. The third-order valence-electron chi connectivity index (χ3n) is 6.13. The topological polar surface area (TPSA) is 111 Å². The summed E-state index contributed by atoms with van der Waals surface area (Å²) in [6, 6.07) is 7.42. The zero-order valence-electron chi connectivity index (χ0n) is 16.7. The molecule has 5 rings (SSSR count). The number of nitrogens with one attached hydrogen (secondary N) is 2. The number of fused-ring (bicyclic) bond motifs is 3. The molecule has 8 nitrogen and oxygen atoms in total. The number of carbonyl (C=O) groups excluding carboxylic acids is 1. The van der Waals surface area contributed by atoms with Gasteiger partial charge in [-0.05, 0) is 44.9 Å². The van der Waals surface area contributed by atoms with Crippen LogP contribution in [0.25, 0.3) is 21.5 Å². The maximum atomic E-state index is 12.9. The number of piperidine rings is 2. The smallest absolute Gasteiger partial charge is 0.290 e. The number of aromatic nitrogens is 3. The van der Waals surface area contributed by atoms with Gasteiger partial charge in [-0.25, -0.2) is 4.98 Å². The molecule has 1 amide bonds. The highest BCUT2D eigenvalue weighted by molar-refractivity contribution is 7.13. The largest absolute Gasteiger partial charge is 0.483 e. The van der Waals surface area contributed by atoms with Crippen LogP contribution in [0.1, 0.15) is 42.6 Å². The van der Waals surface area contributed by atoms with Crippen LogP contribution in [0.15, 0.2) is 29.8 Å². The van der Waals surface area contributed by atoms with Gasteiger partial charge in [0, 0.05) is 40.7 Å². The normalized spacial score (nSPS) is 23.4. The lowest BCUT2D eigenvalue weighted by molar-refractivity contribution is -0.122. The molecule has 2 fully saturated rings. The monoisotopic (exact) mass is 427 g/mol. The van der Waals surface area contributed by atoms with Gasteiger partial charge in [0.1, 0.15) is 5.01 Å². The van der Waals surface area contributed by atoms with Crippen molar-refractivity contribution in [3.05, 3.63) is 35.5 Å². The summed E-state index contributed by atoms with van der Waals surface area (Å²) < 4.78 is 0. The molecular weight excluding hydrogens is 402 g/mol. The number of hydrogen-bond acceptors (Lipinski definition) is 6. The van der Waals surface area contributed by atoms with Crippen molar-refractivity contribution in [1.82, 2.24) is 25.4 Å². The molecular formula is C21H25N5O3S. The Bertz CT molecular complexity index is 1010. The van der Waals surface area contributed by atoms with E-state index >= 15 is 0 Å². The summed E-state index contributed by atoms with van der Waals surface area (Å²) in [5.74, 6) is -0.0733. The molecule has 158 valence electrons. The molecule has 0 aliphatic carbocycles. The molecule has 2 saturated heterocycles. The van der Waals surface area contributed by atoms with Gasteiger partial charge in [0.2, 0.25) is 0 Å². The first-order valence-corrected chi connectivity index (χ1v) is 11.0. The summed E-state index contributed by atoms with van der Waals surface area (Å²) in [5.41, 5.74) is 2.39. The van der Waals surface area contributed by atoms with Gasteiger partial charge in [-0.2, -0.15) is 5.10 Å². The van der Waals surface area contributed by atoms with Crippen molar-refractivity contribution < 1.29 is 14.7 Å². The second kappa shape index (κ2) is 8.93. The van der Waals surface area contributed by atoms with Crippen LogP contribution >= 0.6 is 11.3 Å². The Morgan fingerprint density at radius 1 is 1.33 bits per heavy atom. The Hall–Kier alpha value is -2.78. The average molecular weight is 428 g/mol. The average Bonchev–Trinajstić information content (AvgIpc) is 3.39. The first-order valence-electron chi connectivity index (χ1n) is 10.1. The number of nitrogens with zero attached hydrogens (tertiary/aromatic N) is 3. The van der Waals surface area contributed by atoms with Crippen molar-refractivity contribution in [2.24, 2.45) is 0 Å². The minimum atomic E-state index is -0.250. The Morgan fingerprint density at radius 2 is 2.07 bits per heavy atom. The predicted octanol–water partition coefficient (Wildman–Crippen LogP) is 3.13. The lowest BCUT2D eigenvalue weighted by atomic mass is 9.82. The van der Waals surface area contributed by atoms with Gasteiger partial charge < -0.3 is 15.3 Å². The summed E-state index contributed by atoms with van der Waals surface area (Å²) in [6.45, 7) is -0.250. The number of rotatable bonds is 3. The molecule has 30 heavy (non-hydrogen) atoms. The summed E-state index contributed by atoms with van der Waals surface area (Å²) in [4.78, 5) is 28.1. The Labute approximate surface area is 178 Å². The highest BCUT2D eigenvalue weighted by atomic mass is 32.1. The lowest BCUT2D eigenvalue weighted by Crippen LogP contribution is -2.55. The zero-order valence-corrected chi connectivity index (χ0v) is 17.6. The molecule has 0 radical (unpaired) electrons. The quantitative estimate of drug-likeness (QED) is 0.554. The van der Waals surface area contributed by atoms with E-state index < -0.39 is 0 Å². The van der Waals surface area contributed by atoms with Gasteiger partial charge in [0.15, 0.2) is 5.69 Å². The molecule has 2 bridgehead atoms. The lowest BCUT2D eigenvalue weighted by Gasteiger charge is -2.47. The summed E-state index contributed by atoms with van der Waals surface area (Å²) in [6.07, 6.45) is 7.66. The van der Waals surface area contributed by atoms with Crippen LogP contribution in [0.3, 0.4) is 0 Å². The number of H-pyrrole nitrogens is 1. The van der Waals surface area contributed by atoms with Gasteiger partial charge in [0.25, 0.3) is 12.4 Å². The molecule has 1 aromatic carbocycles. The van der Waals surface area contributed by atoms with Crippen molar-refractivity contribution in [3.8, 4) is 10.6 Å². The maximum Gasteiger partial charge on any atom is 0.290 e. The number of amides is 1. The fourth-order valence-corrected chi connectivity index (χ4v) is 5.31. The second-order valence-corrected chi connectivity index (χ2v) is 8.72. The van der Waals surface area contributed by atoms with Crippen LogP contribution in [-0.4, -0.2) is 62.7 Å². The van der Waals surface area contributed by atoms with E-state index in [9.17, 15) is 4.79 Å². The van der Waals surface area contributed by atoms with Crippen LogP contribution in [-0.2, 0) is 4.79 Å². The Balaban J connectivity index is 0.000000687. The van der Waals surface area contributed by atoms with Crippen molar-refractivity contribution in [2.45, 2.75) is 50.2 Å². The third-order valence-corrected chi connectivity index (χ3v) is 6.95. The van der Waals surface area contributed by atoms with E-state index in [2.05, 4.69) is 32.4 Å². The van der Waals surface area contributed by atoms with E-state index in [1.807, 2.05) is 23.6 Å². The van der Waals surface area contributed by atoms with E-state index in [1.54, 1.807) is 17.5 Å². The van der Waals surface area contributed by atoms with E-state index in [1.165, 1.54) is 19.3 Å². The molecule has 0 saturated carbocycles. The number of carboxylic acid groups (broad SMARTS) is 1. The number of aromatic amines is 1. The SMILES string of the molecule is CN1C2CCCC1CC(NC(=O)c1n[nH]c3cc(-c4nccs4)ccc13)C2.O=CO. The van der Waals surface area contributed by atoms with Crippen LogP contribution in [0.5, 0.6) is 0 Å². The first kappa shape index (κ1) is 20.5. The molecule has 9 heteroatoms. The third kappa shape index (κ3) is 4.08. The molecule has 3 aromatic rings. The van der Waals surface area contributed by atoms with E-state index in [4.69, 9.17) is 9.90 Å². The van der Waals surface area contributed by atoms with Gasteiger partial charge in [-0.15, -0.1) is 11.3 Å². The summed E-state index contributed by atoms with van der Waals surface area (Å²) in [5, 5.41) is 21.2. The molecule has 0 spiro atoms. The second-order valence-electron chi connectivity index (χ2n) is 7.82. The molecule has 2 atom stereocenters. The van der Waals surface area contributed by atoms with Crippen molar-refractivity contribution in [1.29, 1.82) is 0 Å².